The van der Waals surface area contributed by atoms with Crippen molar-refractivity contribution in [3.63, 3.8) is 0 Å². The van der Waals surface area contributed by atoms with Crippen LogP contribution in [0.25, 0.3) is 0 Å². The van der Waals surface area contributed by atoms with Crippen LogP contribution >= 0.6 is 0 Å². The molecule has 4 nitrogen and oxygen atoms in total. The minimum atomic E-state index is -4.43. The summed E-state index contributed by atoms with van der Waals surface area (Å²) in [6, 6.07) is 13.3. The number of halogens is 3. The van der Waals surface area contributed by atoms with E-state index in [0.717, 1.165) is 22.6 Å². The lowest BCUT2D eigenvalue weighted by Gasteiger charge is -2.20. The number of carbonyl (C=O) groups excluding carboxylic acids is 2. The van der Waals surface area contributed by atoms with Crippen molar-refractivity contribution < 1.29 is 27.5 Å². The number of imide groups is 1. The Balaban J connectivity index is 1.70. The zero-order chi connectivity index (χ0) is 18.7. The molecule has 0 unspecified atom stereocenters. The lowest BCUT2D eigenvalue weighted by molar-refractivity contribution is -0.137. The third kappa shape index (κ3) is 4.04. The maximum absolute atomic E-state index is 12.6. The van der Waals surface area contributed by atoms with Gasteiger partial charge in [-0.05, 0) is 29.7 Å². The minimum absolute atomic E-state index is 0.104. The molecule has 0 saturated carbocycles. The highest BCUT2D eigenvalue weighted by atomic mass is 19.4. The molecule has 26 heavy (non-hydrogen) atoms. The summed E-state index contributed by atoms with van der Waals surface area (Å²) in [7, 11) is 0. The van der Waals surface area contributed by atoms with Crippen LogP contribution in [0.3, 0.4) is 0 Å². The molecule has 0 spiro atoms. The van der Waals surface area contributed by atoms with E-state index in [9.17, 15) is 22.8 Å². The first-order valence-electron chi connectivity index (χ1n) is 8.03. The summed E-state index contributed by atoms with van der Waals surface area (Å²) in [6.45, 7) is 0.104. The fourth-order valence-corrected chi connectivity index (χ4v) is 2.87. The topological polar surface area (TPSA) is 46.6 Å². The molecular weight excluding hydrogens is 347 g/mol. The Hall–Kier alpha value is -2.83. The predicted octanol–water partition coefficient (Wildman–Crippen LogP) is 3.84. The van der Waals surface area contributed by atoms with E-state index in [-0.39, 0.29) is 13.0 Å². The number of alkyl halides is 3. The van der Waals surface area contributed by atoms with Crippen LogP contribution < -0.4 is 0 Å². The quantitative estimate of drug-likeness (QED) is 0.829. The van der Waals surface area contributed by atoms with Gasteiger partial charge < -0.3 is 4.74 Å². The molecule has 1 heterocycles. The molecule has 1 atom stereocenters. The normalized spacial score (nSPS) is 17.3. The lowest BCUT2D eigenvalue weighted by Crippen LogP contribution is -2.41. The number of ether oxygens (including phenoxy) is 1. The molecule has 136 valence electrons. The van der Waals surface area contributed by atoms with E-state index in [1.807, 2.05) is 30.3 Å². The molecule has 1 saturated heterocycles. The number of hydrogen-bond donors (Lipinski definition) is 0. The van der Waals surface area contributed by atoms with Gasteiger partial charge in [-0.25, -0.2) is 9.69 Å². The highest BCUT2D eigenvalue weighted by Crippen LogP contribution is 2.29. The maximum Gasteiger partial charge on any atom is 0.416 e. The van der Waals surface area contributed by atoms with Crippen LogP contribution in [0.5, 0.6) is 0 Å². The number of hydrogen-bond acceptors (Lipinski definition) is 3. The number of amides is 2. The van der Waals surface area contributed by atoms with Gasteiger partial charge in [-0.3, -0.25) is 4.79 Å². The van der Waals surface area contributed by atoms with Gasteiger partial charge in [0, 0.05) is 0 Å². The predicted molar refractivity (Wildman–Crippen MR) is 87.3 cm³/mol. The monoisotopic (exact) mass is 363 g/mol. The Morgan fingerprint density at radius 2 is 1.69 bits per heavy atom. The van der Waals surface area contributed by atoms with Crippen LogP contribution in [0.1, 0.15) is 16.7 Å². The van der Waals surface area contributed by atoms with Crippen molar-refractivity contribution in [3.8, 4) is 0 Å². The van der Waals surface area contributed by atoms with E-state index >= 15 is 0 Å². The first kappa shape index (κ1) is 18.0. The van der Waals surface area contributed by atoms with Crippen LogP contribution in [-0.4, -0.2) is 29.5 Å². The highest BCUT2D eigenvalue weighted by molar-refractivity contribution is 5.94. The number of carbonyl (C=O) groups is 2. The highest BCUT2D eigenvalue weighted by Gasteiger charge is 2.37. The third-order valence-corrected chi connectivity index (χ3v) is 4.18. The molecule has 1 aliphatic heterocycles. The Kier molecular flexibility index (Phi) is 4.97. The third-order valence-electron chi connectivity index (χ3n) is 4.18. The molecular formula is C19H16F3NO3. The van der Waals surface area contributed by atoms with Gasteiger partial charge in [0.15, 0.2) is 0 Å². The van der Waals surface area contributed by atoms with E-state index in [1.165, 1.54) is 12.1 Å². The Morgan fingerprint density at radius 1 is 1.04 bits per heavy atom. The zero-order valence-electron chi connectivity index (χ0n) is 13.7. The Bertz CT molecular complexity index is 788. The lowest BCUT2D eigenvalue weighted by atomic mass is 10.0. The average molecular weight is 363 g/mol. The smallest absolute Gasteiger partial charge is 0.416 e. The first-order chi connectivity index (χ1) is 12.3. The molecule has 7 heteroatoms. The van der Waals surface area contributed by atoms with E-state index in [1.54, 1.807) is 0 Å². The van der Waals surface area contributed by atoms with E-state index < -0.39 is 29.8 Å². The van der Waals surface area contributed by atoms with Gasteiger partial charge in [-0.1, -0.05) is 42.5 Å². The summed E-state index contributed by atoms with van der Waals surface area (Å²) >= 11 is 0. The molecule has 3 rings (SSSR count). The molecule has 0 aliphatic carbocycles. The number of nitrogens with zero attached hydrogens (tertiary/aromatic N) is 1. The van der Waals surface area contributed by atoms with Crippen LogP contribution in [0.2, 0.25) is 0 Å². The summed E-state index contributed by atoms with van der Waals surface area (Å²) in [5.74, 6) is -0.492. The SMILES string of the molecule is O=C(Cc1ccc(C(F)(F)F)cc1)N1C(=O)OC[C@@H]1Cc1ccccc1. The fourth-order valence-electron chi connectivity index (χ4n) is 2.87. The van der Waals surface area contributed by atoms with Crippen LogP contribution in [0, 0.1) is 0 Å². The largest absolute Gasteiger partial charge is 0.447 e. The first-order valence-corrected chi connectivity index (χ1v) is 8.03. The van der Waals surface area contributed by atoms with Gasteiger partial charge in [0.05, 0.1) is 18.0 Å². The van der Waals surface area contributed by atoms with Gasteiger partial charge in [0.2, 0.25) is 5.91 Å². The van der Waals surface area contributed by atoms with Crippen molar-refractivity contribution in [1.82, 2.24) is 4.90 Å². The van der Waals surface area contributed by atoms with Gasteiger partial charge >= 0.3 is 12.3 Å². The van der Waals surface area contributed by atoms with Crippen molar-refractivity contribution in [2.24, 2.45) is 0 Å². The van der Waals surface area contributed by atoms with E-state index in [0.29, 0.717) is 12.0 Å². The molecule has 1 fully saturated rings. The molecule has 0 bridgehead atoms. The second-order valence-corrected chi connectivity index (χ2v) is 6.06. The van der Waals surface area contributed by atoms with Gasteiger partial charge in [-0.15, -0.1) is 0 Å². The molecule has 2 amide bonds. The van der Waals surface area contributed by atoms with Crippen LogP contribution in [0.15, 0.2) is 54.6 Å². The molecule has 0 aromatic heterocycles. The second kappa shape index (κ2) is 7.19. The molecule has 2 aromatic rings. The summed E-state index contributed by atoms with van der Waals surface area (Å²) in [5, 5.41) is 0. The number of rotatable bonds is 4. The summed E-state index contributed by atoms with van der Waals surface area (Å²) in [6.07, 6.45) is -4.85. The van der Waals surface area contributed by atoms with Gasteiger partial charge in [0.25, 0.3) is 0 Å². The summed E-state index contributed by atoms with van der Waals surface area (Å²) in [4.78, 5) is 25.5. The summed E-state index contributed by atoms with van der Waals surface area (Å²) in [5.41, 5.74) is 0.584. The van der Waals surface area contributed by atoms with Crippen molar-refractivity contribution in [1.29, 1.82) is 0 Å². The molecule has 0 radical (unpaired) electrons. The maximum atomic E-state index is 12.6. The van der Waals surface area contributed by atoms with Gasteiger partial charge in [0.1, 0.15) is 6.61 Å². The number of cyclic esters (lactones) is 1. The van der Waals surface area contributed by atoms with Crippen molar-refractivity contribution >= 4 is 12.0 Å². The van der Waals surface area contributed by atoms with E-state index in [2.05, 4.69) is 0 Å². The molecule has 0 N–H and O–H groups in total. The van der Waals surface area contributed by atoms with Gasteiger partial charge in [-0.2, -0.15) is 13.2 Å². The Morgan fingerprint density at radius 3 is 2.31 bits per heavy atom. The average Bonchev–Trinajstić information content (AvgIpc) is 2.96. The Labute approximate surface area is 148 Å². The van der Waals surface area contributed by atoms with Crippen molar-refractivity contribution in [2.45, 2.75) is 25.1 Å². The van der Waals surface area contributed by atoms with Crippen molar-refractivity contribution in [3.05, 3.63) is 71.3 Å². The summed E-state index contributed by atoms with van der Waals surface area (Å²) < 4.78 is 42.8. The zero-order valence-corrected chi connectivity index (χ0v) is 13.7. The van der Waals surface area contributed by atoms with Crippen LogP contribution in [-0.2, 0) is 28.5 Å². The van der Waals surface area contributed by atoms with Crippen LogP contribution in [0.4, 0.5) is 18.0 Å². The minimum Gasteiger partial charge on any atom is -0.447 e. The fraction of sp³-hybridized carbons (Fsp3) is 0.263. The second-order valence-electron chi connectivity index (χ2n) is 6.06. The molecule has 2 aromatic carbocycles. The number of benzene rings is 2. The van der Waals surface area contributed by atoms with Crippen molar-refractivity contribution in [2.75, 3.05) is 6.61 Å². The van der Waals surface area contributed by atoms with E-state index in [4.69, 9.17) is 4.74 Å². The molecule has 1 aliphatic rings. The standard InChI is InChI=1S/C19H16F3NO3/c20-19(21,22)15-8-6-14(7-9-15)11-17(24)23-16(12-26-18(23)25)10-13-4-2-1-3-5-13/h1-9,16H,10-12H2/t16-/m0/s1.